The maximum absolute atomic E-state index is 15.0. The fourth-order valence-electron chi connectivity index (χ4n) is 6.13. The second-order valence-corrected chi connectivity index (χ2v) is 13.7. The van der Waals surface area contributed by atoms with E-state index in [0.717, 1.165) is 9.64 Å². The fraction of sp³-hybridized carbons (Fsp3) is 0.357. The average Bonchev–Trinajstić information content (AvgIpc) is 3.34. The van der Waals surface area contributed by atoms with Crippen molar-refractivity contribution in [2.75, 3.05) is 6.54 Å². The van der Waals surface area contributed by atoms with Gasteiger partial charge < -0.3 is 4.90 Å². The number of aromatic nitrogens is 1. The Morgan fingerprint density at radius 3 is 2.17 bits per heavy atom. The molecule has 0 radical (unpaired) electrons. The SMILES string of the molecule is O=C(Cc1ccncc1)N1CC[C@@]2(S(=O)(=O)c3ccc(I)cc3)c3ccc(C(F)(C(F)(F)F)C(F)(F)F)cc3CC[C@@H]12. The molecule has 1 aliphatic carbocycles. The highest BCUT2D eigenvalue weighted by Gasteiger charge is 2.73. The zero-order valence-electron chi connectivity index (χ0n) is 21.5. The van der Waals surface area contributed by atoms with E-state index in [4.69, 9.17) is 0 Å². The van der Waals surface area contributed by atoms with Crippen molar-refractivity contribution < 1.29 is 43.9 Å². The molecule has 0 spiro atoms. The third-order valence-electron chi connectivity index (χ3n) is 8.09. The van der Waals surface area contributed by atoms with Gasteiger partial charge in [0.25, 0.3) is 0 Å². The molecule has 0 saturated carbocycles. The lowest BCUT2D eigenvalue weighted by molar-refractivity contribution is -0.348. The number of hydrogen-bond acceptors (Lipinski definition) is 4. The molecular weight excluding hydrogens is 704 g/mol. The number of alkyl halides is 7. The summed E-state index contributed by atoms with van der Waals surface area (Å²) < 4.78 is 124. The van der Waals surface area contributed by atoms with Crippen LogP contribution in [0.2, 0.25) is 0 Å². The number of sulfone groups is 1. The van der Waals surface area contributed by atoms with Crippen LogP contribution < -0.4 is 0 Å². The second kappa shape index (κ2) is 10.5. The number of carbonyl (C=O) groups is 1. The molecule has 5 nitrogen and oxygen atoms in total. The van der Waals surface area contributed by atoms with Gasteiger partial charge in [-0.1, -0.05) is 18.2 Å². The fourth-order valence-corrected chi connectivity index (χ4v) is 8.86. The first-order valence-corrected chi connectivity index (χ1v) is 15.2. The van der Waals surface area contributed by atoms with Crippen molar-refractivity contribution >= 4 is 38.3 Å². The van der Waals surface area contributed by atoms with Crippen LogP contribution in [0.25, 0.3) is 0 Å². The van der Waals surface area contributed by atoms with E-state index < -0.39 is 44.2 Å². The first kappa shape index (κ1) is 30.7. The molecule has 14 heteroatoms. The summed E-state index contributed by atoms with van der Waals surface area (Å²) in [5, 5.41) is 0. The van der Waals surface area contributed by atoms with Crippen LogP contribution >= 0.6 is 22.6 Å². The van der Waals surface area contributed by atoms with E-state index in [1.807, 2.05) is 22.6 Å². The number of benzene rings is 2. The van der Waals surface area contributed by atoms with Gasteiger partial charge in [0.1, 0.15) is 4.75 Å². The molecule has 5 rings (SSSR count). The summed E-state index contributed by atoms with van der Waals surface area (Å²) in [6.07, 6.45) is -10.1. The molecule has 1 aliphatic heterocycles. The standard InChI is InChI=1S/C28H22F7IN2O3S/c29-26(27(30,31)32,28(33,34)35)19-2-7-22-18(16-19)1-8-23-25(22,42(40,41)21-5-3-20(36)4-6-21)11-14-38(23)24(39)15-17-9-12-37-13-10-17/h2-7,9-10,12-13,16,23H,1,8,11,14-15H2/t23-,25-/m1/s1. The largest absolute Gasteiger partial charge is 0.435 e. The van der Waals surface area contributed by atoms with Gasteiger partial charge in [0, 0.05) is 28.1 Å². The molecule has 224 valence electrons. The molecular formula is C28H22F7IN2O3S. The molecule has 1 amide bonds. The lowest BCUT2D eigenvalue weighted by Gasteiger charge is -2.43. The Bertz CT molecular complexity index is 1600. The van der Waals surface area contributed by atoms with E-state index in [9.17, 15) is 43.9 Å². The molecule has 42 heavy (non-hydrogen) atoms. The summed E-state index contributed by atoms with van der Waals surface area (Å²) in [7, 11) is -4.38. The molecule has 3 aromatic rings. The third-order valence-corrected chi connectivity index (χ3v) is 11.4. The number of carbonyl (C=O) groups excluding carboxylic acids is 1. The smallest absolute Gasteiger partial charge is 0.337 e. The maximum atomic E-state index is 15.0. The van der Waals surface area contributed by atoms with Gasteiger partial charge in [-0.05, 0) is 94.9 Å². The first-order chi connectivity index (χ1) is 19.5. The first-order valence-electron chi connectivity index (χ1n) is 12.7. The molecule has 1 fully saturated rings. The van der Waals surface area contributed by atoms with Crippen molar-refractivity contribution in [1.82, 2.24) is 9.88 Å². The van der Waals surface area contributed by atoms with Crippen molar-refractivity contribution in [1.29, 1.82) is 0 Å². The quantitative estimate of drug-likeness (QED) is 0.225. The molecule has 0 unspecified atom stereocenters. The number of pyridine rings is 1. The summed E-state index contributed by atoms with van der Waals surface area (Å²) in [5.74, 6) is -0.386. The summed E-state index contributed by atoms with van der Waals surface area (Å²) in [6, 6.07) is 9.82. The monoisotopic (exact) mass is 726 g/mol. The Labute approximate surface area is 250 Å². The Hall–Kier alpha value is -2.75. The highest BCUT2D eigenvalue weighted by atomic mass is 127. The van der Waals surface area contributed by atoms with Crippen LogP contribution in [0.3, 0.4) is 0 Å². The molecule has 0 N–H and O–H groups in total. The number of fused-ring (bicyclic) bond motifs is 3. The van der Waals surface area contributed by atoms with Gasteiger partial charge in [-0.25, -0.2) is 12.8 Å². The molecule has 2 heterocycles. The number of hydrogen-bond donors (Lipinski definition) is 0. The summed E-state index contributed by atoms with van der Waals surface area (Å²) in [4.78, 5) is 18.7. The lowest BCUT2D eigenvalue weighted by atomic mass is 9.76. The highest BCUT2D eigenvalue weighted by molar-refractivity contribution is 14.1. The second-order valence-electron chi connectivity index (χ2n) is 10.3. The Kier molecular flexibility index (Phi) is 7.64. The van der Waals surface area contributed by atoms with E-state index in [2.05, 4.69) is 4.98 Å². The molecule has 2 aromatic carbocycles. The number of likely N-dealkylation sites (tertiary alicyclic amines) is 1. The molecule has 2 aliphatic rings. The maximum Gasteiger partial charge on any atom is 0.435 e. The van der Waals surface area contributed by atoms with Crippen LogP contribution in [-0.2, 0) is 37.9 Å². The number of nitrogens with zero attached hydrogens (tertiary/aromatic N) is 2. The van der Waals surface area contributed by atoms with Crippen LogP contribution in [0.1, 0.15) is 35.1 Å². The third kappa shape index (κ3) is 4.68. The van der Waals surface area contributed by atoms with Gasteiger partial charge in [-0.2, -0.15) is 26.3 Å². The van der Waals surface area contributed by atoms with Gasteiger partial charge in [0.15, 0.2) is 9.84 Å². The van der Waals surface area contributed by atoms with Crippen molar-refractivity contribution in [3.8, 4) is 0 Å². The van der Waals surface area contributed by atoms with E-state index in [0.29, 0.717) is 17.7 Å². The molecule has 2 atom stereocenters. The summed E-state index contributed by atoms with van der Waals surface area (Å²) >= 11 is 1.98. The predicted octanol–water partition coefficient (Wildman–Crippen LogP) is 6.43. The van der Waals surface area contributed by atoms with Crippen molar-refractivity contribution in [3.63, 3.8) is 0 Å². The Morgan fingerprint density at radius 2 is 1.57 bits per heavy atom. The summed E-state index contributed by atoms with van der Waals surface area (Å²) in [6.45, 7) is -0.0163. The average molecular weight is 726 g/mol. The van der Waals surface area contributed by atoms with Crippen LogP contribution in [0, 0.1) is 3.57 Å². The number of amides is 1. The topological polar surface area (TPSA) is 67.3 Å². The Morgan fingerprint density at radius 1 is 0.952 bits per heavy atom. The minimum absolute atomic E-state index is 0.0163. The van der Waals surface area contributed by atoms with Crippen molar-refractivity contribution in [3.05, 3.63) is 92.8 Å². The van der Waals surface area contributed by atoms with Gasteiger partial charge >= 0.3 is 18.0 Å². The van der Waals surface area contributed by atoms with Crippen LogP contribution in [0.5, 0.6) is 0 Å². The van der Waals surface area contributed by atoms with Crippen LogP contribution in [-0.4, -0.2) is 49.1 Å². The molecule has 1 aromatic heterocycles. The predicted molar refractivity (Wildman–Crippen MR) is 146 cm³/mol. The highest BCUT2D eigenvalue weighted by Crippen LogP contribution is 2.56. The van der Waals surface area contributed by atoms with Crippen molar-refractivity contribution in [2.45, 2.75) is 59.4 Å². The minimum atomic E-state index is -6.31. The summed E-state index contributed by atoms with van der Waals surface area (Å²) in [5.41, 5.74) is -6.88. The van der Waals surface area contributed by atoms with Gasteiger partial charge in [0.2, 0.25) is 5.91 Å². The van der Waals surface area contributed by atoms with E-state index in [-0.39, 0.29) is 54.2 Å². The Balaban J connectivity index is 1.67. The van der Waals surface area contributed by atoms with Gasteiger partial charge in [-0.15, -0.1) is 0 Å². The molecule has 0 bridgehead atoms. The van der Waals surface area contributed by atoms with Crippen LogP contribution in [0.15, 0.2) is 71.9 Å². The number of aryl methyl sites for hydroxylation is 1. The van der Waals surface area contributed by atoms with Crippen molar-refractivity contribution in [2.24, 2.45) is 0 Å². The van der Waals surface area contributed by atoms with Gasteiger partial charge in [0.05, 0.1) is 17.4 Å². The molecule has 1 saturated heterocycles. The normalized spacial score (nSPS) is 21.1. The van der Waals surface area contributed by atoms with E-state index in [1.165, 1.54) is 29.4 Å². The zero-order chi connectivity index (χ0) is 30.7. The van der Waals surface area contributed by atoms with E-state index >= 15 is 0 Å². The van der Waals surface area contributed by atoms with E-state index in [1.54, 1.807) is 24.3 Å². The lowest BCUT2D eigenvalue weighted by Crippen LogP contribution is -2.53. The minimum Gasteiger partial charge on any atom is -0.337 e. The van der Waals surface area contributed by atoms with Crippen LogP contribution in [0.4, 0.5) is 30.7 Å². The van der Waals surface area contributed by atoms with Gasteiger partial charge in [-0.3, -0.25) is 9.78 Å². The zero-order valence-corrected chi connectivity index (χ0v) is 24.5. The number of halogens is 8. The number of rotatable bonds is 5.